The van der Waals surface area contributed by atoms with E-state index >= 15 is 0 Å². The molecule has 1 N–H and O–H groups in total. The van der Waals surface area contributed by atoms with Crippen molar-refractivity contribution in [3.63, 3.8) is 0 Å². The number of halogens is 2. The summed E-state index contributed by atoms with van der Waals surface area (Å²) in [5, 5.41) is 3.50. The summed E-state index contributed by atoms with van der Waals surface area (Å²) in [7, 11) is -3.82. The van der Waals surface area contributed by atoms with Crippen molar-refractivity contribution >= 4 is 55.1 Å². The number of benzene rings is 3. The Kier molecular flexibility index (Phi) is 11.0. The van der Waals surface area contributed by atoms with Crippen LogP contribution in [0.1, 0.15) is 31.4 Å². The van der Waals surface area contributed by atoms with Crippen LogP contribution in [0, 0.1) is 0 Å². The van der Waals surface area contributed by atoms with E-state index in [1.165, 1.54) is 4.90 Å². The van der Waals surface area contributed by atoms with E-state index in [1.807, 2.05) is 50.2 Å². The monoisotopic (exact) mass is 633 g/mol. The third-order valence-electron chi connectivity index (χ3n) is 6.31. The highest BCUT2D eigenvalue weighted by atomic mass is 79.9. The van der Waals surface area contributed by atoms with E-state index in [4.69, 9.17) is 11.6 Å². The van der Waals surface area contributed by atoms with Gasteiger partial charge in [0.2, 0.25) is 21.8 Å². The van der Waals surface area contributed by atoms with Gasteiger partial charge in [0.05, 0.1) is 11.9 Å². The largest absolute Gasteiger partial charge is 0.352 e. The SMILES string of the molecule is CCC(C)NC(=O)C(Cc1ccccc1)N(Cc1cccc(Cl)c1)C(=O)CN(c1ccc(Br)cc1)S(C)(=O)=O. The second-order valence-corrected chi connectivity index (χ2v) is 12.7. The fourth-order valence-electron chi connectivity index (χ4n) is 4.05. The first-order chi connectivity index (χ1) is 18.5. The van der Waals surface area contributed by atoms with Gasteiger partial charge in [-0.3, -0.25) is 13.9 Å². The fourth-order valence-corrected chi connectivity index (χ4v) is 5.37. The van der Waals surface area contributed by atoms with Crippen LogP contribution in [0.2, 0.25) is 5.02 Å². The molecule has 0 saturated carbocycles. The lowest BCUT2D eigenvalue weighted by molar-refractivity contribution is -0.140. The molecule has 0 aliphatic carbocycles. The molecule has 2 unspecified atom stereocenters. The third-order valence-corrected chi connectivity index (χ3v) is 8.21. The van der Waals surface area contributed by atoms with Gasteiger partial charge in [-0.05, 0) is 60.9 Å². The summed E-state index contributed by atoms with van der Waals surface area (Å²) in [4.78, 5) is 29.1. The van der Waals surface area contributed by atoms with Crippen LogP contribution < -0.4 is 9.62 Å². The molecule has 0 fully saturated rings. The van der Waals surface area contributed by atoms with E-state index < -0.39 is 28.5 Å². The molecule has 39 heavy (non-hydrogen) atoms. The maximum Gasteiger partial charge on any atom is 0.244 e. The van der Waals surface area contributed by atoms with Crippen LogP contribution in [0.4, 0.5) is 5.69 Å². The molecule has 2 amide bonds. The molecule has 3 rings (SSSR count). The Morgan fingerprint density at radius 3 is 2.21 bits per heavy atom. The second kappa shape index (κ2) is 14.0. The van der Waals surface area contributed by atoms with Gasteiger partial charge in [0.15, 0.2) is 0 Å². The van der Waals surface area contributed by atoms with E-state index in [2.05, 4.69) is 21.2 Å². The number of amides is 2. The molecule has 2 atom stereocenters. The van der Waals surface area contributed by atoms with Gasteiger partial charge in [0.25, 0.3) is 0 Å². The van der Waals surface area contributed by atoms with Gasteiger partial charge in [-0.2, -0.15) is 0 Å². The zero-order valence-electron chi connectivity index (χ0n) is 22.2. The fraction of sp³-hybridized carbons (Fsp3) is 0.310. The average Bonchev–Trinajstić information content (AvgIpc) is 2.89. The first kappa shape index (κ1) is 30.7. The number of rotatable bonds is 12. The maximum absolute atomic E-state index is 14.0. The van der Waals surface area contributed by atoms with Gasteiger partial charge >= 0.3 is 0 Å². The molecular weight excluding hydrogens is 602 g/mol. The summed E-state index contributed by atoms with van der Waals surface area (Å²) in [6.45, 7) is 3.47. The zero-order chi connectivity index (χ0) is 28.6. The first-order valence-corrected chi connectivity index (χ1v) is 15.6. The quantitative estimate of drug-likeness (QED) is 0.288. The van der Waals surface area contributed by atoms with Gasteiger partial charge in [-0.15, -0.1) is 0 Å². The first-order valence-electron chi connectivity index (χ1n) is 12.6. The number of sulfonamides is 1. The van der Waals surface area contributed by atoms with Crippen LogP contribution in [-0.4, -0.2) is 50.0 Å². The Hall–Kier alpha value is -2.88. The predicted molar refractivity (Wildman–Crippen MR) is 160 cm³/mol. The van der Waals surface area contributed by atoms with Gasteiger partial charge in [-0.25, -0.2) is 8.42 Å². The minimum atomic E-state index is -3.82. The molecule has 7 nitrogen and oxygen atoms in total. The third kappa shape index (κ3) is 9.08. The molecule has 10 heteroatoms. The molecule has 3 aromatic carbocycles. The van der Waals surface area contributed by atoms with E-state index in [-0.39, 0.29) is 24.9 Å². The second-order valence-electron chi connectivity index (χ2n) is 9.42. The van der Waals surface area contributed by atoms with Crippen LogP contribution in [-0.2, 0) is 32.6 Å². The Balaban J connectivity index is 2.05. The van der Waals surface area contributed by atoms with Crippen molar-refractivity contribution in [1.29, 1.82) is 0 Å². The predicted octanol–water partition coefficient (Wildman–Crippen LogP) is 5.42. The molecular formula is C29H33BrClN3O4S. The summed E-state index contributed by atoms with van der Waals surface area (Å²) in [5.41, 5.74) is 1.94. The van der Waals surface area contributed by atoms with Crippen molar-refractivity contribution < 1.29 is 18.0 Å². The minimum absolute atomic E-state index is 0.0722. The zero-order valence-corrected chi connectivity index (χ0v) is 25.3. The lowest BCUT2D eigenvalue weighted by Crippen LogP contribution is -2.54. The average molecular weight is 635 g/mol. The molecule has 3 aromatic rings. The number of hydrogen-bond acceptors (Lipinski definition) is 4. The van der Waals surface area contributed by atoms with Crippen LogP contribution in [0.25, 0.3) is 0 Å². The van der Waals surface area contributed by atoms with Gasteiger partial charge in [-0.1, -0.05) is 76.9 Å². The highest BCUT2D eigenvalue weighted by molar-refractivity contribution is 9.10. The van der Waals surface area contributed by atoms with E-state index in [0.717, 1.165) is 32.6 Å². The van der Waals surface area contributed by atoms with Crippen molar-refractivity contribution in [1.82, 2.24) is 10.2 Å². The van der Waals surface area contributed by atoms with Crippen molar-refractivity contribution in [2.45, 2.75) is 45.3 Å². The lowest BCUT2D eigenvalue weighted by Gasteiger charge is -2.34. The number of carbonyl (C=O) groups is 2. The van der Waals surface area contributed by atoms with Crippen molar-refractivity contribution in [2.75, 3.05) is 17.1 Å². The van der Waals surface area contributed by atoms with Gasteiger partial charge < -0.3 is 10.2 Å². The molecule has 208 valence electrons. The van der Waals surface area contributed by atoms with E-state index in [1.54, 1.807) is 42.5 Å². The van der Waals surface area contributed by atoms with Crippen LogP contribution >= 0.6 is 27.5 Å². The Bertz CT molecular complexity index is 1370. The number of nitrogens with zero attached hydrogens (tertiary/aromatic N) is 2. The lowest BCUT2D eigenvalue weighted by atomic mass is 10.0. The van der Waals surface area contributed by atoms with Crippen LogP contribution in [0.5, 0.6) is 0 Å². The van der Waals surface area contributed by atoms with E-state index in [9.17, 15) is 18.0 Å². The highest BCUT2D eigenvalue weighted by Gasteiger charge is 2.33. The maximum atomic E-state index is 14.0. The molecule has 0 heterocycles. The molecule has 0 saturated heterocycles. The molecule has 0 bridgehead atoms. The Morgan fingerprint density at radius 2 is 1.62 bits per heavy atom. The molecule has 0 spiro atoms. The van der Waals surface area contributed by atoms with Crippen LogP contribution in [0.15, 0.2) is 83.3 Å². The summed E-state index contributed by atoms with van der Waals surface area (Å²) >= 11 is 9.59. The number of carbonyl (C=O) groups excluding carboxylic acids is 2. The van der Waals surface area contributed by atoms with Crippen LogP contribution in [0.3, 0.4) is 0 Å². The molecule has 0 aliphatic heterocycles. The topological polar surface area (TPSA) is 86.8 Å². The van der Waals surface area contributed by atoms with Crippen molar-refractivity contribution in [3.8, 4) is 0 Å². The minimum Gasteiger partial charge on any atom is -0.352 e. The summed E-state index contributed by atoms with van der Waals surface area (Å²) in [6.07, 6.45) is 2.03. The summed E-state index contributed by atoms with van der Waals surface area (Å²) in [5.74, 6) is -0.818. The standard InChI is InChI=1S/C29H33BrClN3O4S/c1-4-21(2)32-29(36)27(18-22-9-6-5-7-10-22)33(19-23-11-8-12-25(31)17-23)28(35)20-34(39(3,37)38)26-15-13-24(30)14-16-26/h5-17,21,27H,4,18-20H2,1-3H3,(H,32,36). The Labute approximate surface area is 244 Å². The van der Waals surface area contributed by atoms with Crippen molar-refractivity contribution in [2.24, 2.45) is 0 Å². The number of nitrogens with one attached hydrogen (secondary N) is 1. The van der Waals surface area contributed by atoms with Gasteiger partial charge in [0, 0.05) is 28.5 Å². The van der Waals surface area contributed by atoms with E-state index in [0.29, 0.717) is 10.7 Å². The number of hydrogen-bond donors (Lipinski definition) is 1. The van der Waals surface area contributed by atoms with Crippen molar-refractivity contribution in [3.05, 3.63) is 99.5 Å². The highest BCUT2D eigenvalue weighted by Crippen LogP contribution is 2.23. The molecule has 0 aromatic heterocycles. The summed E-state index contributed by atoms with van der Waals surface area (Å²) in [6, 6.07) is 22.2. The number of anilines is 1. The Morgan fingerprint density at radius 1 is 0.974 bits per heavy atom. The normalized spacial score (nSPS) is 12.8. The molecule has 0 radical (unpaired) electrons. The smallest absolute Gasteiger partial charge is 0.244 e. The van der Waals surface area contributed by atoms with Gasteiger partial charge in [0.1, 0.15) is 12.6 Å². The summed E-state index contributed by atoms with van der Waals surface area (Å²) < 4.78 is 27.4. The molecule has 0 aliphatic rings.